The minimum absolute atomic E-state index is 0.0573. The fourth-order valence-corrected chi connectivity index (χ4v) is 4.45. The summed E-state index contributed by atoms with van der Waals surface area (Å²) in [6.45, 7) is -0.381. The van der Waals surface area contributed by atoms with E-state index in [0.717, 1.165) is 11.1 Å². The molecule has 7 N–H and O–H groups in total. The zero-order valence-corrected chi connectivity index (χ0v) is 22.3. The summed E-state index contributed by atoms with van der Waals surface area (Å²) in [5.74, 6) is -2.19. The van der Waals surface area contributed by atoms with Crippen molar-refractivity contribution in [2.45, 2.75) is 37.4 Å². The third-order valence-corrected chi connectivity index (χ3v) is 6.74. The number of hydrogen-bond donors (Lipinski definition) is 6. The van der Waals surface area contributed by atoms with E-state index in [4.69, 9.17) is 17.3 Å². The van der Waals surface area contributed by atoms with Crippen LogP contribution in [-0.2, 0) is 38.4 Å². The molecule has 1 saturated heterocycles. The van der Waals surface area contributed by atoms with Crippen molar-refractivity contribution in [2.75, 3.05) is 12.3 Å². The van der Waals surface area contributed by atoms with Crippen LogP contribution in [-0.4, -0.2) is 53.4 Å². The molecule has 0 aromatic heterocycles. The van der Waals surface area contributed by atoms with Gasteiger partial charge in [0.1, 0.15) is 23.9 Å². The van der Waals surface area contributed by atoms with E-state index in [-0.39, 0.29) is 31.6 Å². The number of benzene rings is 3. The molecule has 3 atom stereocenters. The second-order valence-electron chi connectivity index (χ2n) is 9.61. The van der Waals surface area contributed by atoms with E-state index in [2.05, 4.69) is 21.3 Å². The molecular formula is C29H30ClN5O5. The highest BCUT2D eigenvalue weighted by molar-refractivity contribution is 6.30. The Morgan fingerprint density at radius 1 is 0.650 bits per heavy atom. The number of carbonyl (C=O) groups is 4. The number of nitrogen functional groups attached to an aromatic ring is 1. The number of phenols is 1. The second-order valence-corrected chi connectivity index (χ2v) is 10.0. The van der Waals surface area contributed by atoms with E-state index in [1.54, 1.807) is 60.7 Å². The van der Waals surface area contributed by atoms with Crippen molar-refractivity contribution >= 4 is 40.9 Å². The molecule has 0 saturated carbocycles. The van der Waals surface area contributed by atoms with Crippen LogP contribution in [0.15, 0.2) is 72.8 Å². The lowest BCUT2D eigenvalue weighted by atomic mass is 10.0. The highest BCUT2D eigenvalue weighted by Gasteiger charge is 2.31. The zero-order chi connectivity index (χ0) is 28.6. The molecule has 11 heteroatoms. The standard InChI is InChI=1S/C29H30ClN5O5/c30-20-7-1-17(2-8-20)14-24-28(39)35-25(15-19-5-11-22(36)12-6-19)29(40)34-23(27(38)32-16-26(37)33-24)13-18-3-9-21(31)10-4-18/h1-12,23-25,36H,13-16,31H2,(H,32,38)(H,33,37)(H,34,40)(H,35,39). The minimum atomic E-state index is -1.08. The Morgan fingerprint density at radius 3 is 1.60 bits per heavy atom. The van der Waals surface area contributed by atoms with Crippen LogP contribution in [0.1, 0.15) is 16.7 Å². The summed E-state index contributed by atoms with van der Waals surface area (Å²) >= 11 is 5.98. The van der Waals surface area contributed by atoms with Gasteiger partial charge >= 0.3 is 0 Å². The Bertz CT molecular complexity index is 1320. The van der Waals surface area contributed by atoms with Crippen LogP contribution in [0.3, 0.4) is 0 Å². The van der Waals surface area contributed by atoms with Crippen molar-refractivity contribution in [3.63, 3.8) is 0 Å². The van der Waals surface area contributed by atoms with Crippen LogP contribution in [0.4, 0.5) is 5.69 Å². The second kappa shape index (κ2) is 13.0. The summed E-state index contributed by atoms with van der Waals surface area (Å²) in [5.41, 5.74) is 8.47. The summed E-state index contributed by atoms with van der Waals surface area (Å²) < 4.78 is 0. The number of halogens is 1. The van der Waals surface area contributed by atoms with Crippen LogP contribution < -0.4 is 27.0 Å². The smallest absolute Gasteiger partial charge is 0.243 e. The fraction of sp³-hybridized carbons (Fsp3) is 0.241. The van der Waals surface area contributed by atoms with Gasteiger partial charge in [-0.3, -0.25) is 19.2 Å². The highest BCUT2D eigenvalue weighted by Crippen LogP contribution is 2.14. The van der Waals surface area contributed by atoms with Gasteiger partial charge in [0.15, 0.2) is 0 Å². The van der Waals surface area contributed by atoms with E-state index >= 15 is 0 Å². The van der Waals surface area contributed by atoms with Crippen molar-refractivity contribution in [2.24, 2.45) is 0 Å². The molecule has 10 nitrogen and oxygen atoms in total. The monoisotopic (exact) mass is 563 g/mol. The SMILES string of the molecule is Nc1ccc(CC2NC(=O)C(Cc3ccc(O)cc3)NC(=O)C(Cc3ccc(Cl)cc3)NC(=O)CNC2=O)cc1. The predicted octanol–water partition coefficient (Wildman–Crippen LogP) is 1.24. The number of amides is 4. The topological polar surface area (TPSA) is 163 Å². The molecule has 0 radical (unpaired) electrons. The average Bonchev–Trinajstić information content (AvgIpc) is 2.93. The van der Waals surface area contributed by atoms with E-state index < -0.39 is 41.8 Å². The van der Waals surface area contributed by atoms with E-state index in [1.165, 1.54) is 12.1 Å². The third kappa shape index (κ3) is 7.97. The summed E-state index contributed by atoms with van der Waals surface area (Å²) in [7, 11) is 0. The molecule has 40 heavy (non-hydrogen) atoms. The van der Waals surface area contributed by atoms with Gasteiger partial charge in [0.25, 0.3) is 0 Å². The van der Waals surface area contributed by atoms with Crippen LogP contribution in [0.2, 0.25) is 5.02 Å². The van der Waals surface area contributed by atoms with Gasteiger partial charge in [-0.25, -0.2) is 0 Å². The molecule has 3 unspecified atom stereocenters. The largest absolute Gasteiger partial charge is 0.508 e. The first-order valence-electron chi connectivity index (χ1n) is 12.7. The first kappa shape index (κ1) is 28.4. The molecule has 1 aliphatic heterocycles. The van der Waals surface area contributed by atoms with Crippen molar-refractivity contribution in [1.29, 1.82) is 0 Å². The Kier molecular flexibility index (Phi) is 9.23. The molecule has 1 heterocycles. The fourth-order valence-electron chi connectivity index (χ4n) is 4.32. The van der Waals surface area contributed by atoms with Gasteiger partial charge in [-0.1, -0.05) is 48.0 Å². The Morgan fingerprint density at radius 2 is 1.07 bits per heavy atom. The van der Waals surface area contributed by atoms with Gasteiger partial charge in [-0.05, 0) is 53.1 Å². The van der Waals surface area contributed by atoms with E-state index in [9.17, 15) is 24.3 Å². The number of nitrogens with one attached hydrogen (secondary N) is 4. The maximum absolute atomic E-state index is 13.5. The van der Waals surface area contributed by atoms with Crippen molar-refractivity contribution in [1.82, 2.24) is 21.3 Å². The quantitative estimate of drug-likeness (QED) is 0.247. The molecule has 3 aromatic rings. The Balaban J connectivity index is 1.61. The number of anilines is 1. The van der Waals surface area contributed by atoms with Crippen molar-refractivity contribution in [3.05, 3.63) is 94.5 Å². The van der Waals surface area contributed by atoms with Crippen molar-refractivity contribution in [3.8, 4) is 5.75 Å². The van der Waals surface area contributed by atoms with Gasteiger partial charge in [-0.15, -0.1) is 0 Å². The molecule has 1 fully saturated rings. The molecule has 208 valence electrons. The number of nitrogens with two attached hydrogens (primary N) is 1. The number of hydrogen-bond acceptors (Lipinski definition) is 6. The molecule has 4 rings (SSSR count). The number of rotatable bonds is 6. The lowest BCUT2D eigenvalue weighted by Crippen LogP contribution is -2.60. The van der Waals surface area contributed by atoms with E-state index in [0.29, 0.717) is 16.3 Å². The highest BCUT2D eigenvalue weighted by atomic mass is 35.5. The van der Waals surface area contributed by atoms with Gasteiger partial charge in [0, 0.05) is 30.0 Å². The third-order valence-electron chi connectivity index (χ3n) is 6.49. The first-order valence-corrected chi connectivity index (χ1v) is 13.1. The van der Waals surface area contributed by atoms with Gasteiger partial charge in [-0.2, -0.15) is 0 Å². The molecular weight excluding hydrogens is 534 g/mol. The number of phenolic OH excluding ortho intramolecular Hbond substituents is 1. The summed E-state index contributed by atoms with van der Waals surface area (Å²) in [6.07, 6.45) is 0.351. The maximum atomic E-state index is 13.5. The van der Waals surface area contributed by atoms with Crippen molar-refractivity contribution < 1.29 is 24.3 Å². The molecule has 0 spiro atoms. The predicted molar refractivity (Wildman–Crippen MR) is 150 cm³/mol. The lowest BCUT2D eigenvalue weighted by molar-refractivity contribution is -0.135. The summed E-state index contributed by atoms with van der Waals surface area (Å²) in [4.78, 5) is 52.9. The van der Waals surface area contributed by atoms with Gasteiger partial charge in [0.2, 0.25) is 23.6 Å². The van der Waals surface area contributed by atoms with Crippen LogP contribution in [0.5, 0.6) is 5.75 Å². The molecule has 0 aliphatic carbocycles. The normalized spacial score (nSPS) is 20.3. The summed E-state index contributed by atoms with van der Waals surface area (Å²) in [6, 6.07) is 16.8. The molecule has 1 aliphatic rings. The zero-order valence-electron chi connectivity index (χ0n) is 21.5. The molecule has 0 bridgehead atoms. The first-order chi connectivity index (χ1) is 19.2. The maximum Gasteiger partial charge on any atom is 0.243 e. The average molecular weight is 564 g/mol. The molecule has 4 amide bonds. The Labute approximate surface area is 236 Å². The minimum Gasteiger partial charge on any atom is -0.508 e. The number of aromatic hydroxyl groups is 1. The van der Waals surface area contributed by atoms with Crippen LogP contribution in [0, 0.1) is 0 Å². The number of carbonyl (C=O) groups excluding carboxylic acids is 4. The van der Waals surface area contributed by atoms with Crippen LogP contribution in [0.25, 0.3) is 0 Å². The van der Waals surface area contributed by atoms with Gasteiger partial charge in [0.05, 0.1) is 6.54 Å². The summed E-state index contributed by atoms with van der Waals surface area (Å²) in [5, 5.41) is 20.9. The van der Waals surface area contributed by atoms with Crippen LogP contribution >= 0.6 is 11.6 Å². The van der Waals surface area contributed by atoms with Gasteiger partial charge < -0.3 is 32.1 Å². The lowest BCUT2D eigenvalue weighted by Gasteiger charge is -2.27. The molecule has 3 aromatic carbocycles. The van der Waals surface area contributed by atoms with E-state index in [1.807, 2.05) is 0 Å². The Hall–Kier alpha value is -4.57.